The van der Waals surface area contributed by atoms with Crippen molar-refractivity contribution in [3.05, 3.63) is 48.2 Å². The third-order valence-electron chi connectivity index (χ3n) is 7.86. The summed E-state index contributed by atoms with van der Waals surface area (Å²) in [6.45, 7) is 6.16. The number of hydrogen-bond donors (Lipinski definition) is 2. The van der Waals surface area contributed by atoms with E-state index < -0.39 is 17.4 Å². The van der Waals surface area contributed by atoms with Gasteiger partial charge < -0.3 is 24.7 Å². The van der Waals surface area contributed by atoms with Gasteiger partial charge in [0.15, 0.2) is 0 Å². The Morgan fingerprint density at radius 3 is 2.94 bits per heavy atom. The number of ether oxygens (including phenoxy) is 2. The Bertz CT molecular complexity index is 1110. The summed E-state index contributed by atoms with van der Waals surface area (Å²) in [5.41, 5.74) is 1.65. The third-order valence-corrected chi connectivity index (χ3v) is 7.86. The summed E-state index contributed by atoms with van der Waals surface area (Å²) >= 11 is 0. The Balaban J connectivity index is 1.07. The lowest BCUT2D eigenvalue weighted by atomic mass is 9.77. The highest BCUT2D eigenvalue weighted by Crippen LogP contribution is 2.51. The minimum absolute atomic E-state index is 0.0418. The van der Waals surface area contributed by atoms with Gasteiger partial charge in [-0.15, -0.1) is 0 Å². The van der Waals surface area contributed by atoms with Crippen LogP contribution in [0.1, 0.15) is 12.0 Å². The summed E-state index contributed by atoms with van der Waals surface area (Å²) in [6, 6.07) is 8.21. The topological polar surface area (TPSA) is 86.9 Å². The molecule has 4 aliphatic rings. The molecule has 4 aliphatic heterocycles. The van der Waals surface area contributed by atoms with Crippen molar-refractivity contribution in [1.82, 2.24) is 20.1 Å². The number of H-pyrrole nitrogens is 1. The number of fused-ring (bicyclic) bond motifs is 2. The summed E-state index contributed by atoms with van der Waals surface area (Å²) in [4.78, 5) is 34.1. The molecule has 1 aromatic carbocycles. The van der Waals surface area contributed by atoms with Crippen molar-refractivity contribution in [3.63, 3.8) is 0 Å². The van der Waals surface area contributed by atoms with Crippen molar-refractivity contribution in [1.29, 1.82) is 0 Å². The number of rotatable bonds is 8. The molecule has 6 rings (SSSR count). The average Bonchev–Trinajstić information content (AvgIpc) is 3.61. The van der Waals surface area contributed by atoms with Gasteiger partial charge in [0.2, 0.25) is 11.8 Å². The lowest BCUT2D eigenvalue weighted by Gasteiger charge is -2.27. The highest BCUT2D eigenvalue weighted by Gasteiger charge is 2.66. The normalized spacial score (nSPS) is 30.4. The van der Waals surface area contributed by atoms with Crippen LogP contribution in [0.15, 0.2) is 42.6 Å². The second kappa shape index (κ2) is 8.83. The van der Waals surface area contributed by atoms with Gasteiger partial charge in [-0.3, -0.25) is 14.5 Å². The molecule has 0 saturated carbocycles. The zero-order valence-electron chi connectivity index (χ0n) is 19.4. The molecule has 8 nitrogen and oxygen atoms in total. The molecular formula is C26H32N4O4. The van der Waals surface area contributed by atoms with Crippen LogP contribution in [0.4, 0.5) is 0 Å². The van der Waals surface area contributed by atoms with Crippen molar-refractivity contribution < 1.29 is 19.1 Å². The smallest absolute Gasteiger partial charge is 0.230 e. The maximum absolute atomic E-state index is 13.5. The van der Waals surface area contributed by atoms with Crippen molar-refractivity contribution in [3.8, 4) is 0 Å². The van der Waals surface area contributed by atoms with E-state index in [1.165, 1.54) is 10.9 Å². The Hall–Kier alpha value is -2.68. The van der Waals surface area contributed by atoms with E-state index in [0.29, 0.717) is 19.6 Å². The van der Waals surface area contributed by atoms with Crippen LogP contribution in [-0.4, -0.2) is 90.8 Å². The lowest BCUT2D eigenvalue weighted by Crippen LogP contribution is -2.45. The Morgan fingerprint density at radius 1 is 1.21 bits per heavy atom. The second-order valence-corrected chi connectivity index (χ2v) is 9.87. The molecule has 2 bridgehead atoms. The largest absolute Gasteiger partial charge is 0.379 e. The summed E-state index contributed by atoms with van der Waals surface area (Å²) in [5, 5.41) is 4.28. The first-order valence-electron chi connectivity index (χ1n) is 12.4. The molecule has 8 heteroatoms. The quantitative estimate of drug-likeness (QED) is 0.455. The number of amides is 2. The van der Waals surface area contributed by atoms with Gasteiger partial charge in [-0.2, -0.15) is 0 Å². The highest BCUT2D eigenvalue weighted by atomic mass is 16.5. The van der Waals surface area contributed by atoms with Gasteiger partial charge in [-0.05, 0) is 31.0 Å². The molecule has 34 heavy (non-hydrogen) atoms. The van der Waals surface area contributed by atoms with Crippen molar-refractivity contribution in [2.45, 2.75) is 24.5 Å². The maximum atomic E-state index is 13.5. The Morgan fingerprint density at radius 2 is 2.06 bits per heavy atom. The predicted octanol–water partition coefficient (Wildman–Crippen LogP) is 1.33. The fourth-order valence-corrected chi connectivity index (χ4v) is 6.12. The summed E-state index contributed by atoms with van der Waals surface area (Å²) in [7, 11) is 0. The molecular weight excluding hydrogens is 432 g/mol. The monoisotopic (exact) mass is 464 g/mol. The number of likely N-dealkylation sites (tertiary alicyclic amines) is 1. The van der Waals surface area contributed by atoms with E-state index in [4.69, 9.17) is 9.47 Å². The lowest BCUT2D eigenvalue weighted by molar-refractivity contribution is -0.137. The van der Waals surface area contributed by atoms with Crippen LogP contribution < -0.4 is 5.32 Å². The molecule has 2 amide bonds. The summed E-state index contributed by atoms with van der Waals surface area (Å²) in [6.07, 6.45) is 7.38. The number of carbonyl (C=O) groups excluding carboxylic acids is 2. The Labute approximate surface area is 199 Å². The number of morpholine rings is 1. The first kappa shape index (κ1) is 21.8. The van der Waals surface area contributed by atoms with E-state index in [-0.39, 0.29) is 17.9 Å². The zero-order valence-corrected chi connectivity index (χ0v) is 19.4. The maximum Gasteiger partial charge on any atom is 0.230 e. The van der Waals surface area contributed by atoms with Crippen LogP contribution >= 0.6 is 0 Å². The molecule has 0 radical (unpaired) electrons. The Kier molecular flexibility index (Phi) is 5.67. The summed E-state index contributed by atoms with van der Waals surface area (Å²) in [5.74, 6) is -0.890. The molecule has 3 fully saturated rings. The van der Waals surface area contributed by atoms with Crippen LogP contribution in [-0.2, 0) is 25.5 Å². The van der Waals surface area contributed by atoms with Gasteiger partial charge >= 0.3 is 0 Å². The first-order chi connectivity index (χ1) is 16.6. The van der Waals surface area contributed by atoms with E-state index in [1.54, 1.807) is 0 Å². The summed E-state index contributed by atoms with van der Waals surface area (Å²) < 4.78 is 11.7. The predicted molar refractivity (Wildman–Crippen MR) is 127 cm³/mol. The van der Waals surface area contributed by atoms with E-state index >= 15 is 0 Å². The van der Waals surface area contributed by atoms with Crippen LogP contribution in [0.3, 0.4) is 0 Å². The van der Waals surface area contributed by atoms with E-state index in [2.05, 4.69) is 27.3 Å². The molecule has 4 atom stereocenters. The number of aromatic amines is 1. The van der Waals surface area contributed by atoms with Crippen LogP contribution in [0.2, 0.25) is 0 Å². The molecule has 2 unspecified atom stereocenters. The molecule has 2 aromatic rings. The van der Waals surface area contributed by atoms with Gasteiger partial charge in [0, 0.05) is 43.3 Å². The van der Waals surface area contributed by atoms with Gasteiger partial charge in [0.25, 0.3) is 0 Å². The minimum atomic E-state index is -0.655. The number of hydrogen-bond acceptors (Lipinski definition) is 5. The molecule has 2 N–H and O–H groups in total. The van der Waals surface area contributed by atoms with Gasteiger partial charge in [0.1, 0.15) is 5.60 Å². The fraction of sp³-hybridized carbons (Fsp3) is 0.538. The first-order valence-corrected chi connectivity index (χ1v) is 12.4. The molecule has 1 aromatic heterocycles. The highest BCUT2D eigenvalue weighted by molar-refractivity contribution is 5.93. The molecule has 5 heterocycles. The van der Waals surface area contributed by atoms with Crippen molar-refractivity contribution in [2.75, 3.05) is 52.5 Å². The van der Waals surface area contributed by atoms with Crippen LogP contribution in [0.5, 0.6) is 0 Å². The van der Waals surface area contributed by atoms with Crippen molar-refractivity contribution in [2.24, 2.45) is 11.8 Å². The molecule has 3 saturated heterocycles. The van der Waals surface area contributed by atoms with Crippen LogP contribution in [0, 0.1) is 11.8 Å². The van der Waals surface area contributed by atoms with Crippen molar-refractivity contribution >= 4 is 22.7 Å². The number of nitrogens with one attached hydrogen (secondary N) is 2. The number of aromatic nitrogens is 1. The van der Waals surface area contributed by atoms with Gasteiger partial charge in [-0.25, -0.2) is 0 Å². The molecule has 180 valence electrons. The second-order valence-electron chi connectivity index (χ2n) is 9.87. The van der Waals surface area contributed by atoms with E-state index in [9.17, 15) is 9.59 Å². The number of para-hydroxylation sites is 1. The fourth-order valence-electron chi connectivity index (χ4n) is 6.12. The van der Waals surface area contributed by atoms with Crippen LogP contribution in [0.25, 0.3) is 10.9 Å². The number of carbonyl (C=O) groups is 2. The van der Waals surface area contributed by atoms with E-state index in [0.717, 1.165) is 51.2 Å². The SMILES string of the molecule is O=C(NCCCN1CCOCC1)C1C2C(=O)N(CCc3c[nH]c4ccccc34)C[C@@]23C=C[C@@H]1O3. The average molecular weight is 465 g/mol. The minimum Gasteiger partial charge on any atom is -0.379 e. The van der Waals surface area contributed by atoms with Gasteiger partial charge in [0.05, 0.1) is 37.7 Å². The van der Waals surface area contributed by atoms with Gasteiger partial charge in [-0.1, -0.05) is 30.4 Å². The number of benzene rings is 1. The standard InChI is InChI=1S/C26H32N4O4/c31-24(27-9-3-10-29-12-14-33-15-13-29)22-21-6-8-26(34-21)17-30(25(32)23(22)26)11-7-18-16-28-20-5-2-1-4-19(18)20/h1-2,4-6,8,16,21-23,28H,3,7,9-15,17H2,(H,27,31)/t21-,22?,23?,26-/m0/s1. The zero-order chi connectivity index (χ0) is 23.1. The third kappa shape index (κ3) is 3.74. The number of nitrogens with zero attached hydrogens (tertiary/aromatic N) is 2. The molecule has 0 aliphatic carbocycles. The molecule has 1 spiro atoms. The van der Waals surface area contributed by atoms with E-state index in [1.807, 2.05) is 35.4 Å².